The summed E-state index contributed by atoms with van der Waals surface area (Å²) in [6.07, 6.45) is 0. The van der Waals surface area contributed by atoms with Crippen LogP contribution in [0.5, 0.6) is 0 Å². The number of aromatic nitrogens is 1. The van der Waals surface area contributed by atoms with Gasteiger partial charge < -0.3 is 9.64 Å². The smallest absolute Gasteiger partial charge is 0.325 e. The number of hydrogen-bond acceptors (Lipinski definition) is 4. The summed E-state index contributed by atoms with van der Waals surface area (Å²) in [4.78, 5) is 29.4. The van der Waals surface area contributed by atoms with E-state index in [0.29, 0.717) is 16.5 Å². The highest BCUT2D eigenvalue weighted by molar-refractivity contribution is 6.30. The molecule has 2 aromatic rings. The number of amides is 1. The molecule has 0 fully saturated rings. The summed E-state index contributed by atoms with van der Waals surface area (Å²) < 4.78 is 4.84. The Morgan fingerprint density at radius 3 is 2.76 bits per heavy atom. The minimum absolute atomic E-state index is 0.110. The van der Waals surface area contributed by atoms with Crippen molar-refractivity contribution < 1.29 is 14.3 Å². The van der Waals surface area contributed by atoms with Gasteiger partial charge in [-0.2, -0.15) is 0 Å². The van der Waals surface area contributed by atoms with E-state index in [4.69, 9.17) is 16.3 Å². The van der Waals surface area contributed by atoms with E-state index < -0.39 is 5.97 Å². The van der Waals surface area contributed by atoms with Gasteiger partial charge in [0.1, 0.15) is 11.7 Å². The number of halogens is 1. The van der Waals surface area contributed by atoms with E-state index in [-0.39, 0.29) is 24.2 Å². The van der Waals surface area contributed by atoms with Gasteiger partial charge in [-0.15, -0.1) is 0 Å². The van der Waals surface area contributed by atoms with Crippen LogP contribution in [0.3, 0.4) is 0 Å². The fraction of sp³-hybridized carbons (Fsp3) is 0.267. The predicted molar refractivity (Wildman–Crippen MR) is 80.3 cm³/mol. The van der Waals surface area contributed by atoms with Gasteiger partial charge >= 0.3 is 5.97 Å². The van der Waals surface area contributed by atoms with Crippen molar-refractivity contribution in [1.82, 2.24) is 9.88 Å². The van der Waals surface area contributed by atoms with Gasteiger partial charge in [-0.3, -0.25) is 9.59 Å². The van der Waals surface area contributed by atoms with Crippen LogP contribution in [0.4, 0.5) is 0 Å². The normalized spacial score (nSPS) is 10.4. The summed E-state index contributed by atoms with van der Waals surface area (Å²) in [5.41, 5.74) is 1.05. The van der Waals surface area contributed by atoms with Crippen molar-refractivity contribution in [3.05, 3.63) is 41.0 Å². The van der Waals surface area contributed by atoms with Crippen molar-refractivity contribution in [2.45, 2.75) is 6.92 Å². The standard InChI is InChI=1S/C15H15ClN2O3/c1-3-21-14(19)9-18(2)15(20)11-8-13(16)17-12-7-5-4-6-10(11)12/h4-8H,3,9H2,1-2H3. The number of fused-ring (bicyclic) bond motifs is 1. The molecule has 1 aromatic heterocycles. The zero-order valence-electron chi connectivity index (χ0n) is 11.8. The first-order chi connectivity index (χ1) is 10.0. The number of likely N-dealkylation sites (N-methyl/N-ethyl adjacent to an activating group) is 1. The zero-order chi connectivity index (χ0) is 15.4. The third-order valence-electron chi connectivity index (χ3n) is 2.93. The van der Waals surface area contributed by atoms with Crippen molar-refractivity contribution in [3.8, 4) is 0 Å². The van der Waals surface area contributed by atoms with Gasteiger partial charge in [0.2, 0.25) is 0 Å². The molecule has 110 valence electrons. The Labute approximate surface area is 127 Å². The predicted octanol–water partition coefficient (Wildman–Crippen LogP) is 2.52. The van der Waals surface area contributed by atoms with E-state index in [1.165, 1.54) is 11.0 Å². The van der Waals surface area contributed by atoms with Crippen molar-refractivity contribution in [1.29, 1.82) is 0 Å². The van der Waals surface area contributed by atoms with Crippen LogP contribution in [-0.2, 0) is 9.53 Å². The molecule has 1 aromatic carbocycles. The third kappa shape index (κ3) is 3.49. The Kier molecular flexibility index (Phi) is 4.75. The topological polar surface area (TPSA) is 59.5 Å². The molecule has 0 saturated heterocycles. The van der Waals surface area contributed by atoms with Crippen LogP contribution >= 0.6 is 11.6 Å². The van der Waals surface area contributed by atoms with E-state index in [1.54, 1.807) is 26.1 Å². The Hall–Kier alpha value is -2.14. The highest BCUT2D eigenvalue weighted by Crippen LogP contribution is 2.21. The molecule has 6 heteroatoms. The van der Waals surface area contributed by atoms with E-state index in [2.05, 4.69) is 4.98 Å². The fourth-order valence-electron chi connectivity index (χ4n) is 2.00. The van der Waals surface area contributed by atoms with E-state index in [9.17, 15) is 9.59 Å². The minimum atomic E-state index is -0.446. The van der Waals surface area contributed by atoms with Crippen LogP contribution in [0.2, 0.25) is 5.15 Å². The van der Waals surface area contributed by atoms with Crippen LogP contribution in [0, 0.1) is 0 Å². The number of carbonyl (C=O) groups is 2. The summed E-state index contributed by atoms with van der Waals surface area (Å²) in [7, 11) is 1.54. The van der Waals surface area contributed by atoms with Crippen LogP contribution in [0.15, 0.2) is 30.3 Å². The first kappa shape index (κ1) is 15.3. The number of para-hydroxylation sites is 1. The first-order valence-electron chi connectivity index (χ1n) is 6.49. The number of rotatable bonds is 4. The Morgan fingerprint density at radius 2 is 2.05 bits per heavy atom. The highest BCUT2D eigenvalue weighted by Gasteiger charge is 2.18. The van der Waals surface area contributed by atoms with E-state index in [0.717, 1.165) is 0 Å². The number of pyridine rings is 1. The van der Waals surface area contributed by atoms with Crippen molar-refractivity contribution >= 4 is 34.4 Å². The SMILES string of the molecule is CCOC(=O)CN(C)C(=O)c1cc(Cl)nc2ccccc12. The molecule has 21 heavy (non-hydrogen) atoms. The van der Waals surface area contributed by atoms with Gasteiger partial charge in [-0.05, 0) is 19.1 Å². The van der Waals surface area contributed by atoms with Crippen LogP contribution < -0.4 is 0 Å². The molecule has 1 heterocycles. The average molecular weight is 307 g/mol. The summed E-state index contributed by atoms with van der Waals surface area (Å²) >= 11 is 5.95. The molecule has 0 spiro atoms. The second-order valence-electron chi connectivity index (χ2n) is 4.48. The summed E-state index contributed by atoms with van der Waals surface area (Å²) in [5.74, 6) is -0.749. The molecule has 0 aliphatic carbocycles. The molecule has 0 N–H and O–H groups in total. The van der Waals surface area contributed by atoms with E-state index in [1.807, 2.05) is 12.1 Å². The first-order valence-corrected chi connectivity index (χ1v) is 6.87. The van der Waals surface area contributed by atoms with Crippen LogP contribution in [-0.4, -0.2) is 42.0 Å². The van der Waals surface area contributed by atoms with Gasteiger partial charge in [-0.1, -0.05) is 29.8 Å². The quantitative estimate of drug-likeness (QED) is 0.643. The molecule has 0 unspecified atom stereocenters. The molecule has 0 bridgehead atoms. The number of hydrogen-bond donors (Lipinski definition) is 0. The molecule has 0 radical (unpaired) electrons. The number of ether oxygens (including phenoxy) is 1. The number of benzene rings is 1. The summed E-state index contributed by atoms with van der Waals surface area (Å²) in [5, 5.41) is 0.934. The molecular weight excluding hydrogens is 292 g/mol. The molecule has 2 rings (SSSR count). The largest absolute Gasteiger partial charge is 0.465 e. The summed E-state index contributed by atoms with van der Waals surface area (Å²) in [6, 6.07) is 8.73. The molecule has 0 atom stereocenters. The molecule has 1 amide bonds. The van der Waals surface area contributed by atoms with Crippen molar-refractivity contribution in [2.75, 3.05) is 20.2 Å². The number of esters is 1. The molecule has 0 saturated carbocycles. The highest BCUT2D eigenvalue weighted by atomic mass is 35.5. The second kappa shape index (κ2) is 6.54. The van der Waals surface area contributed by atoms with Gasteiger partial charge in [0.25, 0.3) is 5.91 Å². The Bertz CT molecular complexity index is 688. The summed E-state index contributed by atoms with van der Waals surface area (Å²) in [6.45, 7) is 1.89. The average Bonchev–Trinajstić information content (AvgIpc) is 2.45. The van der Waals surface area contributed by atoms with Crippen LogP contribution in [0.1, 0.15) is 17.3 Å². The lowest BCUT2D eigenvalue weighted by Gasteiger charge is -2.17. The Morgan fingerprint density at radius 1 is 1.33 bits per heavy atom. The van der Waals surface area contributed by atoms with Crippen LogP contribution in [0.25, 0.3) is 10.9 Å². The molecule has 0 aliphatic heterocycles. The minimum Gasteiger partial charge on any atom is -0.465 e. The fourth-order valence-corrected chi connectivity index (χ4v) is 2.20. The van der Waals surface area contributed by atoms with E-state index >= 15 is 0 Å². The number of nitrogens with zero attached hydrogens (tertiary/aromatic N) is 2. The second-order valence-corrected chi connectivity index (χ2v) is 4.86. The molecular formula is C15H15ClN2O3. The van der Waals surface area contributed by atoms with Gasteiger partial charge in [0.05, 0.1) is 17.7 Å². The maximum absolute atomic E-state index is 12.5. The maximum Gasteiger partial charge on any atom is 0.325 e. The van der Waals surface area contributed by atoms with Gasteiger partial charge in [-0.25, -0.2) is 4.98 Å². The zero-order valence-corrected chi connectivity index (χ0v) is 12.6. The third-order valence-corrected chi connectivity index (χ3v) is 3.13. The van der Waals surface area contributed by atoms with Crippen molar-refractivity contribution in [3.63, 3.8) is 0 Å². The van der Waals surface area contributed by atoms with Gasteiger partial charge in [0, 0.05) is 12.4 Å². The molecule has 5 nitrogen and oxygen atoms in total. The lowest BCUT2D eigenvalue weighted by Crippen LogP contribution is -2.33. The monoisotopic (exact) mass is 306 g/mol. The van der Waals surface area contributed by atoms with Gasteiger partial charge in [0.15, 0.2) is 0 Å². The molecule has 0 aliphatic rings. The Balaban J connectivity index is 2.32. The number of carbonyl (C=O) groups excluding carboxylic acids is 2. The van der Waals surface area contributed by atoms with Crippen molar-refractivity contribution in [2.24, 2.45) is 0 Å². The lowest BCUT2D eigenvalue weighted by molar-refractivity contribution is -0.143. The maximum atomic E-state index is 12.5. The lowest BCUT2D eigenvalue weighted by atomic mass is 10.1.